The van der Waals surface area contributed by atoms with Crippen LogP contribution in [0.15, 0.2) is 0 Å². The lowest BCUT2D eigenvalue weighted by Gasteiger charge is -2.15. The first kappa shape index (κ1) is 11.9. The van der Waals surface area contributed by atoms with Gasteiger partial charge in [0.05, 0.1) is 12.5 Å². The van der Waals surface area contributed by atoms with E-state index in [1.54, 1.807) is 0 Å². The van der Waals surface area contributed by atoms with Crippen molar-refractivity contribution >= 4 is 11.9 Å². The summed E-state index contributed by atoms with van der Waals surface area (Å²) in [5.74, 6) is -1.67. The van der Waals surface area contributed by atoms with E-state index >= 15 is 0 Å². The zero-order chi connectivity index (χ0) is 11.4. The number of amides is 1. The number of carbonyl (C=O) groups excluding carboxylic acids is 1. The van der Waals surface area contributed by atoms with Crippen molar-refractivity contribution in [3.63, 3.8) is 0 Å². The highest BCUT2D eigenvalue weighted by Crippen LogP contribution is 2.14. The smallest absolute Gasteiger partial charge is 0.328 e. The number of likely N-dealkylation sites (tertiary alicyclic amines) is 1. The molecule has 3 N–H and O–H groups in total. The number of aliphatic carboxylic acids is 1. The van der Waals surface area contributed by atoms with Crippen LogP contribution in [0.1, 0.15) is 6.42 Å². The second-order valence-electron chi connectivity index (χ2n) is 3.83. The van der Waals surface area contributed by atoms with Gasteiger partial charge >= 0.3 is 5.97 Å². The predicted molar refractivity (Wildman–Crippen MR) is 52.3 cm³/mol. The SMILES string of the molecule is CN1CCC(C(=O)N[C@@H](CO)C(=O)O)C1. The standard InChI is InChI=1S/C9H16N2O4/c1-11-3-2-6(4-11)8(13)10-7(5-12)9(14)15/h6-7,12H,2-5H2,1H3,(H,10,13)(H,14,15)/t6?,7-/m0/s1. The van der Waals surface area contributed by atoms with Gasteiger partial charge in [-0.15, -0.1) is 0 Å². The number of carboxylic acids is 1. The Labute approximate surface area is 87.9 Å². The molecule has 2 atom stereocenters. The third-order valence-electron chi connectivity index (χ3n) is 2.56. The van der Waals surface area contributed by atoms with Gasteiger partial charge in [0.15, 0.2) is 0 Å². The Kier molecular flexibility index (Phi) is 4.05. The van der Waals surface area contributed by atoms with E-state index in [2.05, 4.69) is 5.32 Å². The second kappa shape index (κ2) is 5.09. The monoisotopic (exact) mass is 216 g/mol. The predicted octanol–water partition coefficient (Wildman–Crippen LogP) is -1.50. The van der Waals surface area contributed by atoms with E-state index in [4.69, 9.17) is 10.2 Å². The number of nitrogens with one attached hydrogen (secondary N) is 1. The average Bonchev–Trinajstić information content (AvgIpc) is 2.60. The number of hydrogen-bond donors (Lipinski definition) is 3. The Morgan fingerprint density at radius 3 is 2.67 bits per heavy atom. The van der Waals surface area contributed by atoms with E-state index in [9.17, 15) is 9.59 Å². The molecule has 86 valence electrons. The summed E-state index contributed by atoms with van der Waals surface area (Å²) in [6.07, 6.45) is 0.736. The van der Waals surface area contributed by atoms with Crippen LogP contribution in [0.4, 0.5) is 0 Å². The second-order valence-corrected chi connectivity index (χ2v) is 3.83. The van der Waals surface area contributed by atoms with Gasteiger partial charge in [-0.25, -0.2) is 4.79 Å². The highest BCUT2D eigenvalue weighted by molar-refractivity contribution is 5.85. The Bertz CT molecular complexity index is 256. The van der Waals surface area contributed by atoms with Gasteiger partial charge < -0.3 is 20.4 Å². The molecule has 0 aromatic heterocycles. The van der Waals surface area contributed by atoms with Gasteiger partial charge in [0.25, 0.3) is 0 Å². The van der Waals surface area contributed by atoms with Crippen molar-refractivity contribution in [2.75, 3.05) is 26.7 Å². The van der Waals surface area contributed by atoms with Crippen LogP contribution >= 0.6 is 0 Å². The Hall–Kier alpha value is -1.14. The van der Waals surface area contributed by atoms with Crippen LogP contribution in [0.5, 0.6) is 0 Å². The summed E-state index contributed by atoms with van der Waals surface area (Å²) >= 11 is 0. The molecule has 1 heterocycles. The number of aliphatic hydroxyl groups excluding tert-OH is 1. The zero-order valence-corrected chi connectivity index (χ0v) is 8.64. The molecule has 0 radical (unpaired) electrons. The number of rotatable bonds is 4. The van der Waals surface area contributed by atoms with Crippen LogP contribution in [0, 0.1) is 5.92 Å². The van der Waals surface area contributed by atoms with Crippen LogP contribution in [-0.4, -0.2) is 59.8 Å². The van der Waals surface area contributed by atoms with Crippen molar-refractivity contribution in [3.8, 4) is 0 Å². The normalized spacial score (nSPS) is 23.7. The molecule has 1 aliphatic heterocycles. The highest BCUT2D eigenvalue weighted by atomic mass is 16.4. The number of hydrogen-bond acceptors (Lipinski definition) is 4. The van der Waals surface area contributed by atoms with Crippen molar-refractivity contribution in [1.82, 2.24) is 10.2 Å². The van der Waals surface area contributed by atoms with Gasteiger partial charge in [-0.05, 0) is 20.0 Å². The lowest BCUT2D eigenvalue weighted by Crippen LogP contribution is -2.46. The molecular formula is C9H16N2O4. The maximum atomic E-state index is 11.6. The average molecular weight is 216 g/mol. The summed E-state index contributed by atoms with van der Waals surface area (Å²) in [5.41, 5.74) is 0. The Morgan fingerprint density at radius 1 is 1.60 bits per heavy atom. The van der Waals surface area contributed by atoms with Crippen molar-refractivity contribution in [2.24, 2.45) is 5.92 Å². The fourth-order valence-corrected chi connectivity index (χ4v) is 1.62. The molecule has 15 heavy (non-hydrogen) atoms. The molecule has 1 saturated heterocycles. The molecule has 1 unspecified atom stereocenters. The van der Waals surface area contributed by atoms with Crippen LogP contribution in [0.25, 0.3) is 0 Å². The van der Waals surface area contributed by atoms with Gasteiger partial charge in [-0.3, -0.25) is 4.79 Å². The lowest BCUT2D eigenvalue weighted by atomic mass is 10.1. The first-order valence-corrected chi connectivity index (χ1v) is 4.87. The van der Waals surface area contributed by atoms with Gasteiger partial charge in [0.1, 0.15) is 6.04 Å². The number of carbonyl (C=O) groups is 2. The van der Waals surface area contributed by atoms with E-state index < -0.39 is 18.6 Å². The summed E-state index contributed by atoms with van der Waals surface area (Å²) < 4.78 is 0. The molecule has 6 nitrogen and oxygen atoms in total. The van der Waals surface area contributed by atoms with E-state index in [1.165, 1.54) is 0 Å². The van der Waals surface area contributed by atoms with E-state index in [0.717, 1.165) is 13.0 Å². The fourth-order valence-electron chi connectivity index (χ4n) is 1.62. The molecule has 1 amide bonds. The third-order valence-corrected chi connectivity index (χ3v) is 2.56. The van der Waals surface area contributed by atoms with Crippen molar-refractivity contribution in [1.29, 1.82) is 0 Å². The van der Waals surface area contributed by atoms with Crippen LogP contribution in [-0.2, 0) is 9.59 Å². The van der Waals surface area contributed by atoms with Gasteiger partial charge in [-0.2, -0.15) is 0 Å². The molecule has 1 rings (SSSR count). The maximum absolute atomic E-state index is 11.6. The molecular weight excluding hydrogens is 200 g/mol. The summed E-state index contributed by atoms with van der Waals surface area (Å²) in [4.78, 5) is 24.1. The van der Waals surface area contributed by atoms with Gasteiger partial charge in [0, 0.05) is 6.54 Å². The van der Waals surface area contributed by atoms with Crippen molar-refractivity contribution < 1.29 is 19.8 Å². The third kappa shape index (κ3) is 3.17. The van der Waals surface area contributed by atoms with Gasteiger partial charge in [-0.1, -0.05) is 0 Å². The minimum Gasteiger partial charge on any atom is -0.480 e. The van der Waals surface area contributed by atoms with E-state index in [1.807, 2.05) is 11.9 Å². The molecule has 6 heteroatoms. The quantitative estimate of drug-likeness (QED) is 0.532. The Balaban J connectivity index is 2.44. The number of carboxylic acid groups (broad SMARTS) is 1. The van der Waals surface area contributed by atoms with Gasteiger partial charge in [0.2, 0.25) is 5.91 Å². The molecule has 0 aromatic rings. The lowest BCUT2D eigenvalue weighted by molar-refractivity contribution is -0.143. The Morgan fingerprint density at radius 2 is 2.27 bits per heavy atom. The largest absolute Gasteiger partial charge is 0.480 e. The zero-order valence-electron chi connectivity index (χ0n) is 8.64. The molecule has 0 saturated carbocycles. The fraction of sp³-hybridized carbons (Fsp3) is 0.778. The minimum atomic E-state index is -1.21. The van der Waals surface area contributed by atoms with Crippen LogP contribution < -0.4 is 5.32 Å². The summed E-state index contributed by atoms with van der Waals surface area (Å²) in [6, 6.07) is -1.19. The molecule has 0 bridgehead atoms. The summed E-state index contributed by atoms with van der Waals surface area (Å²) in [7, 11) is 1.91. The maximum Gasteiger partial charge on any atom is 0.328 e. The molecule has 0 spiro atoms. The summed E-state index contributed by atoms with van der Waals surface area (Å²) in [6.45, 7) is 0.905. The topological polar surface area (TPSA) is 89.9 Å². The summed E-state index contributed by atoms with van der Waals surface area (Å²) in [5, 5.41) is 19.7. The molecule has 0 aromatic carbocycles. The van der Waals surface area contributed by atoms with Crippen molar-refractivity contribution in [2.45, 2.75) is 12.5 Å². The minimum absolute atomic E-state index is 0.164. The molecule has 1 fully saturated rings. The first-order chi connectivity index (χ1) is 7.04. The van der Waals surface area contributed by atoms with E-state index in [0.29, 0.717) is 6.54 Å². The van der Waals surface area contributed by atoms with Crippen LogP contribution in [0.3, 0.4) is 0 Å². The number of aliphatic hydroxyl groups is 1. The first-order valence-electron chi connectivity index (χ1n) is 4.87. The number of nitrogens with zero attached hydrogens (tertiary/aromatic N) is 1. The molecule has 0 aliphatic carbocycles. The highest BCUT2D eigenvalue weighted by Gasteiger charge is 2.29. The van der Waals surface area contributed by atoms with E-state index in [-0.39, 0.29) is 11.8 Å². The van der Waals surface area contributed by atoms with Crippen LogP contribution in [0.2, 0.25) is 0 Å². The molecule has 1 aliphatic rings. The van der Waals surface area contributed by atoms with Crippen molar-refractivity contribution in [3.05, 3.63) is 0 Å².